The zero-order valence-corrected chi connectivity index (χ0v) is 18.6. The highest BCUT2D eigenvalue weighted by Gasteiger charge is 2.32. The van der Waals surface area contributed by atoms with Crippen molar-refractivity contribution in [1.29, 1.82) is 0 Å². The Kier molecular flexibility index (Phi) is 7.29. The van der Waals surface area contributed by atoms with Gasteiger partial charge in [-0.15, -0.1) is 0 Å². The lowest BCUT2D eigenvalue weighted by atomic mass is 10.1. The average Bonchev–Trinajstić information content (AvgIpc) is 2.84. The minimum absolute atomic E-state index is 0.0274. The summed E-state index contributed by atoms with van der Waals surface area (Å²) in [7, 11) is 0. The lowest BCUT2D eigenvalue weighted by Gasteiger charge is -2.34. The lowest BCUT2D eigenvalue weighted by Crippen LogP contribution is -2.49. The van der Waals surface area contributed by atoms with Gasteiger partial charge in [0.2, 0.25) is 11.9 Å². The molecule has 0 bridgehead atoms. The third kappa shape index (κ3) is 5.64. The Labute approximate surface area is 194 Å². The number of anilines is 2. The Morgan fingerprint density at radius 2 is 1.79 bits per heavy atom. The fraction of sp³-hybridized carbons (Fsp3) is 0.571. The quantitative estimate of drug-likeness (QED) is 0.557. The van der Waals surface area contributed by atoms with Crippen LogP contribution in [0.15, 0.2) is 23.4 Å². The maximum Gasteiger partial charge on any atom is 0.419 e. The number of nitrogens with zero attached hydrogens (tertiary/aromatic N) is 6. The highest BCUT2D eigenvalue weighted by molar-refractivity contribution is 5.76. The number of hydrogen-bond acceptors (Lipinski definition) is 8. The Hall–Kier alpha value is -3.22. The van der Waals surface area contributed by atoms with Crippen molar-refractivity contribution in [2.24, 2.45) is 0 Å². The molecule has 4 heterocycles. The van der Waals surface area contributed by atoms with Crippen molar-refractivity contribution >= 4 is 17.5 Å². The number of nitrogens with one attached hydrogen (secondary N) is 2. The smallest absolute Gasteiger partial charge is 0.369 e. The molecule has 0 aromatic carbocycles. The first-order chi connectivity index (χ1) is 16.3. The molecule has 0 unspecified atom stereocenters. The highest BCUT2D eigenvalue weighted by atomic mass is 19.4. The summed E-state index contributed by atoms with van der Waals surface area (Å²) in [6.45, 7) is 4.67. The Morgan fingerprint density at radius 3 is 2.50 bits per heavy atom. The van der Waals surface area contributed by atoms with E-state index in [2.05, 4.69) is 30.4 Å². The summed E-state index contributed by atoms with van der Waals surface area (Å²) in [5, 5.41) is 9.66. The third-order valence-corrected chi connectivity index (χ3v) is 6.09. The molecule has 0 aliphatic carbocycles. The van der Waals surface area contributed by atoms with Crippen molar-refractivity contribution in [2.75, 3.05) is 62.2 Å². The largest absolute Gasteiger partial charge is 0.419 e. The molecule has 2 aliphatic heterocycles. The molecule has 0 saturated carbocycles. The molecule has 1 fully saturated rings. The van der Waals surface area contributed by atoms with E-state index in [1.54, 1.807) is 16.0 Å². The minimum atomic E-state index is -4.47. The molecule has 0 atom stereocenters. The molecule has 0 radical (unpaired) electrons. The number of aromatic amines is 1. The highest BCUT2D eigenvalue weighted by Crippen LogP contribution is 2.28. The van der Waals surface area contributed by atoms with Gasteiger partial charge in [-0.2, -0.15) is 18.3 Å². The first kappa shape index (κ1) is 23.9. The number of halogens is 3. The van der Waals surface area contributed by atoms with Crippen LogP contribution in [0.25, 0.3) is 0 Å². The summed E-state index contributed by atoms with van der Waals surface area (Å²) in [4.78, 5) is 37.7. The van der Waals surface area contributed by atoms with E-state index in [1.807, 2.05) is 0 Å². The second kappa shape index (κ2) is 10.4. The van der Waals surface area contributed by atoms with Crippen LogP contribution < -0.4 is 20.7 Å². The van der Waals surface area contributed by atoms with Gasteiger partial charge in [-0.25, -0.2) is 15.1 Å². The average molecular weight is 480 g/mol. The van der Waals surface area contributed by atoms with Gasteiger partial charge >= 0.3 is 6.18 Å². The van der Waals surface area contributed by atoms with Gasteiger partial charge in [0.05, 0.1) is 17.4 Å². The van der Waals surface area contributed by atoms with Gasteiger partial charge in [0.25, 0.3) is 5.56 Å². The number of rotatable bonds is 7. The second-order valence-electron chi connectivity index (χ2n) is 8.29. The van der Waals surface area contributed by atoms with E-state index >= 15 is 0 Å². The summed E-state index contributed by atoms with van der Waals surface area (Å²) in [6, 6.07) is 0. The number of hydrogen-bond donors (Lipinski definition) is 2. The number of carbonyl (C=O) groups excluding carboxylic acids is 1. The zero-order valence-electron chi connectivity index (χ0n) is 18.6. The number of alkyl halides is 3. The van der Waals surface area contributed by atoms with E-state index in [4.69, 9.17) is 0 Å². The molecular weight excluding hydrogens is 453 g/mol. The van der Waals surface area contributed by atoms with Gasteiger partial charge in [-0.05, 0) is 12.8 Å². The predicted octanol–water partition coefficient (Wildman–Crippen LogP) is 0.660. The van der Waals surface area contributed by atoms with E-state index in [0.29, 0.717) is 45.7 Å². The summed E-state index contributed by atoms with van der Waals surface area (Å²) in [6.07, 6.45) is 0.812. The van der Waals surface area contributed by atoms with E-state index in [-0.39, 0.29) is 17.4 Å². The van der Waals surface area contributed by atoms with E-state index in [1.165, 1.54) is 0 Å². The topological polar surface area (TPSA) is 110 Å². The zero-order chi connectivity index (χ0) is 24.1. The molecule has 1 amide bonds. The molecule has 34 heavy (non-hydrogen) atoms. The molecule has 2 aromatic rings. The SMILES string of the molecule is O=C(CCNCCN1CCCc2c1cn[nH]c2=O)N1CCN(c2ncc(C(F)(F)F)cn2)CC1. The van der Waals surface area contributed by atoms with Crippen LogP contribution in [0, 0.1) is 0 Å². The first-order valence-electron chi connectivity index (χ1n) is 11.3. The Balaban J connectivity index is 1.16. The van der Waals surface area contributed by atoms with Crippen molar-refractivity contribution in [3.63, 3.8) is 0 Å². The molecule has 2 aliphatic rings. The lowest BCUT2D eigenvalue weighted by molar-refractivity contribution is -0.138. The van der Waals surface area contributed by atoms with E-state index in [9.17, 15) is 22.8 Å². The fourth-order valence-corrected chi connectivity index (χ4v) is 4.21. The number of fused-ring (bicyclic) bond motifs is 1. The molecule has 1 saturated heterocycles. The predicted molar refractivity (Wildman–Crippen MR) is 119 cm³/mol. The molecule has 13 heteroatoms. The number of piperazine rings is 1. The number of H-pyrrole nitrogens is 1. The molecule has 184 valence electrons. The first-order valence-corrected chi connectivity index (χ1v) is 11.3. The fourth-order valence-electron chi connectivity index (χ4n) is 4.21. The van der Waals surface area contributed by atoms with E-state index in [0.717, 1.165) is 49.6 Å². The van der Waals surface area contributed by atoms with Crippen molar-refractivity contribution in [1.82, 2.24) is 30.4 Å². The van der Waals surface area contributed by atoms with Gasteiger partial charge in [0.15, 0.2) is 0 Å². The monoisotopic (exact) mass is 480 g/mol. The number of aromatic nitrogens is 4. The molecule has 10 nitrogen and oxygen atoms in total. The van der Waals surface area contributed by atoms with Crippen LogP contribution in [-0.2, 0) is 17.4 Å². The molecule has 0 spiro atoms. The van der Waals surface area contributed by atoms with Crippen molar-refractivity contribution < 1.29 is 18.0 Å². The van der Waals surface area contributed by atoms with Crippen LogP contribution in [0.1, 0.15) is 24.0 Å². The second-order valence-corrected chi connectivity index (χ2v) is 8.29. The summed E-state index contributed by atoms with van der Waals surface area (Å²) in [5.41, 5.74) is 0.637. The molecule has 4 rings (SSSR count). The van der Waals surface area contributed by atoms with Gasteiger partial charge < -0.3 is 20.0 Å². The van der Waals surface area contributed by atoms with Crippen LogP contribution in [-0.4, -0.2) is 83.3 Å². The van der Waals surface area contributed by atoms with Crippen LogP contribution in [0.3, 0.4) is 0 Å². The number of amides is 1. The molecule has 2 N–H and O–H groups in total. The van der Waals surface area contributed by atoms with Crippen LogP contribution >= 0.6 is 0 Å². The summed E-state index contributed by atoms with van der Waals surface area (Å²) in [5.74, 6) is 0.262. The van der Waals surface area contributed by atoms with Gasteiger partial charge in [-0.3, -0.25) is 9.59 Å². The van der Waals surface area contributed by atoms with Crippen LogP contribution in [0.4, 0.5) is 24.8 Å². The van der Waals surface area contributed by atoms with Gasteiger partial charge in [0, 0.05) is 76.7 Å². The van der Waals surface area contributed by atoms with E-state index < -0.39 is 11.7 Å². The third-order valence-electron chi connectivity index (χ3n) is 6.09. The Bertz CT molecular complexity index is 1040. The standard InChI is InChI=1S/C21H27F3N8O2/c22-21(23,24)15-12-26-20(27-13-15)32-10-8-31(9-11-32)18(33)3-4-25-5-7-30-6-1-2-16-17(30)14-28-29-19(16)34/h12-14,25H,1-11H2,(H,29,34). The van der Waals surface area contributed by atoms with Crippen molar-refractivity contribution in [3.8, 4) is 0 Å². The van der Waals surface area contributed by atoms with Gasteiger partial charge in [0.1, 0.15) is 0 Å². The van der Waals surface area contributed by atoms with Gasteiger partial charge in [-0.1, -0.05) is 0 Å². The van der Waals surface area contributed by atoms with Crippen LogP contribution in [0.5, 0.6) is 0 Å². The van der Waals surface area contributed by atoms with Crippen molar-refractivity contribution in [2.45, 2.75) is 25.4 Å². The normalized spacial score (nSPS) is 16.5. The molecule has 2 aromatic heterocycles. The van der Waals surface area contributed by atoms with Crippen molar-refractivity contribution in [3.05, 3.63) is 40.1 Å². The molecular formula is C21H27F3N8O2. The maximum atomic E-state index is 12.7. The van der Waals surface area contributed by atoms with Crippen LogP contribution in [0.2, 0.25) is 0 Å². The minimum Gasteiger partial charge on any atom is -0.369 e. The maximum absolute atomic E-state index is 12.7. The summed E-state index contributed by atoms with van der Waals surface area (Å²) < 4.78 is 38.0. The Morgan fingerprint density at radius 1 is 1.06 bits per heavy atom. The summed E-state index contributed by atoms with van der Waals surface area (Å²) >= 11 is 0. The number of carbonyl (C=O) groups is 1.